The Morgan fingerprint density at radius 2 is 1.92 bits per heavy atom. The van der Waals surface area contributed by atoms with E-state index in [2.05, 4.69) is 10.6 Å². The Bertz CT molecular complexity index is 674. The van der Waals surface area contributed by atoms with E-state index in [1.807, 2.05) is 37.4 Å². The number of hydrogen-bond acceptors (Lipinski definition) is 4. The van der Waals surface area contributed by atoms with E-state index in [4.69, 9.17) is 9.47 Å². The van der Waals surface area contributed by atoms with Crippen LogP contribution in [0.3, 0.4) is 0 Å². The molecule has 0 aromatic heterocycles. The van der Waals surface area contributed by atoms with E-state index in [-0.39, 0.29) is 6.03 Å². The lowest BCUT2D eigenvalue weighted by Gasteiger charge is -2.13. The van der Waals surface area contributed by atoms with Gasteiger partial charge in [0.15, 0.2) is 0 Å². The predicted octanol–water partition coefficient (Wildman–Crippen LogP) is 4.14. The van der Waals surface area contributed by atoms with Crippen molar-refractivity contribution >= 4 is 23.5 Å². The van der Waals surface area contributed by atoms with Crippen LogP contribution in [0.1, 0.15) is 12.5 Å². The van der Waals surface area contributed by atoms with Crippen LogP contribution in [0.15, 0.2) is 47.4 Å². The number of rotatable bonds is 7. The largest absolute Gasteiger partial charge is 0.497 e. The second kappa shape index (κ2) is 9.08. The zero-order valence-corrected chi connectivity index (χ0v) is 14.9. The van der Waals surface area contributed by atoms with Gasteiger partial charge < -0.3 is 20.1 Å². The molecule has 128 valence electrons. The van der Waals surface area contributed by atoms with Gasteiger partial charge in [-0.05, 0) is 43.0 Å². The first-order valence-electron chi connectivity index (χ1n) is 7.65. The van der Waals surface area contributed by atoms with Crippen molar-refractivity contribution in [2.45, 2.75) is 18.4 Å². The van der Waals surface area contributed by atoms with Crippen molar-refractivity contribution in [3.63, 3.8) is 0 Å². The van der Waals surface area contributed by atoms with Gasteiger partial charge in [-0.1, -0.05) is 12.1 Å². The summed E-state index contributed by atoms with van der Waals surface area (Å²) in [5, 5.41) is 5.64. The Balaban J connectivity index is 1.97. The summed E-state index contributed by atoms with van der Waals surface area (Å²) < 4.78 is 10.7. The van der Waals surface area contributed by atoms with E-state index in [0.29, 0.717) is 30.3 Å². The van der Waals surface area contributed by atoms with E-state index in [1.165, 1.54) is 4.90 Å². The van der Waals surface area contributed by atoms with Crippen LogP contribution in [0.4, 0.5) is 10.5 Å². The molecule has 24 heavy (non-hydrogen) atoms. The summed E-state index contributed by atoms with van der Waals surface area (Å²) in [6, 6.07) is 13.1. The highest BCUT2D eigenvalue weighted by Gasteiger charge is 2.09. The fourth-order valence-corrected chi connectivity index (χ4v) is 2.52. The molecule has 0 aliphatic carbocycles. The average molecular weight is 346 g/mol. The van der Waals surface area contributed by atoms with Crippen molar-refractivity contribution < 1.29 is 14.3 Å². The van der Waals surface area contributed by atoms with Crippen LogP contribution in [0.5, 0.6) is 11.5 Å². The predicted molar refractivity (Wildman–Crippen MR) is 98.2 cm³/mol. The summed E-state index contributed by atoms with van der Waals surface area (Å²) in [6.45, 7) is 2.87. The summed E-state index contributed by atoms with van der Waals surface area (Å²) in [5.41, 5.74) is 1.62. The average Bonchev–Trinajstić information content (AvgIpc) is 2.62. The molecule has 0 bridgehead atoms. The van der Waals surface area contributed by atoms with Gasteiger partial charge in [-0.3, -0.25) is 0 Å². The number of methoxy groups -OCH3 is 1. The van der Waals surface area contributed by atoms with Gasteiger partial charge in [0.05, 0.1) is 19.4 Å². The SMILES string of the molecule is CCOc1ccc(OC)cc1NC(=O)NCc1ccc(SC)cc1. The maximum absolute atomic E-state index is 12.1. The maximum atomic E-state index is 12.1. The molecule has 0 fully saturated rings. The van der Waals surface area contributed by atoms with Crippen LogP contribution in [0, 0.1) is 0 Å². The molecule has 0 heterocycles. The van der Waals surface area contributed by atoms with Crippen LogP contribution in [-0.2, 0) is 6.54 Å². The molecule has 2 N–H and O–H groups in total. The highest BCUT2D eigenvalue weighted by molar-refractivity contribution is 7.98. The Morgan fingerprint density at radius 3 is 2.54 bits per heavy atom. The first-order chi connectivity index (χ1) is 11.7. The van der Waals surface area contributed by atoms with Crippen LogP contribution in [0.2, 0.25) is 0 Å². The van der Waals surface area contributed by atoms with E-state index in [1.54, 1.807) is 37.1 Å². The first-order valence-corrected chi connectivity index (χ1v) is 8.87. The molecule has 2 aromatic rings. The number of anilines is 1. The highest BCUT2D eigenvalue weighted by Crippen LogP contribution is 2.29. The molecule has 2 rings (SSSR count). The first kappa shape index (κ1) is 18.0. The lowest BCUT2D eigenvalue weighted by atomic mass is 10.2. The molecule has 6 heteroatoms. The van der Waals surface area contributed by atoms with Crippen LogP contribution in [0.25, 0.3) is 0 Å². The standard InChI is InChI=1S/C18H22N2O3S/c1-4-23-17-10-7-14(22-2)11-16(17)20-18(21)19-12-13-5-8-15(24-3)9-6-13/h5-11H,4,12H2,1-3H3,(H2,19,20,21). The van der Waals surface area contributed by atoms with E-state index in [9.17, 15) is 4.79 Å². The lowest BCUT2D eigenvalue weighted by molar-refractivity contribution is 0.251. The smallest absolute Gasteiger partial charge is 0.319 e. The van der Waals surface area contributed by atoms with Crippen molar-refractivity contribution in [2.24, 2.45) is 0 Å². The second-order valence-electron chi connectivity index (χ2n) is 4.95. The molecule has 0 aliphatic rings. The monoisotopic (exact) mass is 346 g/mol. The third-order valence-corrected chi connectivity index (χ3v) is 4.09. The number of amides is 2. The van der Waals surface area contributed by atoms with Crippen molar-refractivity contribution in [3.05, 3.63) is 48.0 Å². The topological polar surface area (TPSA) is 59.6 Å². The fraction of sp³-hybridized carbons (Fsp3) is 0.278. The van der Waals surface area contributed by atoms with E-state index >= 15 is 0 Å². The zero-order valence-electron chi connectivity index (χ0n) is 14.1. The van der Waals surface area contributed by atoms with Crippen molar-refractivity contribution in [3.8, 4) is 11.5 Å². The van der Waals surface area contributed by atoms with Gasteiger partial charge in [-0.15, -0.1) is 11.8 Å². The van der Waals surface area contributed by atoms with E-state index < -0.39 is 0 Å². The molecule has 0 aliphatic heterocycles. The minimum absolute atomic E-state index is 0.293. The van der Waals surface area contributed by atoms with Gasteiger partial charge in [0, 0.05) is 17.5 Å². The van der Waals surface area contributed by atoms with Gasteiger partial charge in [-0.25, -0.2) is 4.79 Å². The number of thioether (sulfide) groups is 1. The van der Waals surface area contributed by atoms with Gasteiger partial charge in [0.1, 0.15) is 11.5 Å². The Hall–Kier alpha value is -2.34. The molecule has 5 nitrogen and oxygen atoms in total. The molecular formula is C18H22N2O3S. The van der Waals surface area contributed by atoms with Gasteiger partial charge >= 0.3 is 6.03 Å². The summed E-state index contributed by atoms with van der Waals surface area (Å²) in [6.07, 6.45) is 2.03. The summed E-state index contributed by atoms with van der Waals surface area (Å²) >= 11 is 1.69. The summed E-state index contributed by atoms with van der Waals surface area (Å²) in [5.74, 6) is 1.26. The third-order valence-electron chi connectivity index (χ3n) is 3.35. The number of carbonyl (C=O) groups excluding carboxylic acids is 1. The Morgan fingerprint density at radius 1 is 1.17 bits per heavy atom. The molecule has 0 spiro atoms. The van der Waals surface area contributed by atoms with Crippen molar-refractivity contribution in [1.29, 1.82) is 0 Å². The molecule has 2 amide bonds. The number of carbonyl (C=O) groups is 1. The Kier molecular flexibility index (Phi) is 6.81. The highest BCUT2D eigenvalue weighted by atomic mass is 32.2. The summed E-state index contributed by atoms with van der Waals surface area (Å²) in [4.78, 5) is 13.3. The number of hydrogen-bond donors (Lipinski definition) is 2. The van der Waals surface area contributed by atoms with Crippen molar-refractivity contribution in [1.82, 2.24) is 5.32 Å². The normalized spacial score (nSPS) is 10.1. The number of nitrogens with one attached hydrogen (secondary N) is 2. The van der Waals surface area contributed by atoms with Gasteiger partial charge in [0.25, 0.3) is 0 Å². The molecule has 0 radical (unpaired) electrons. The third kappa shape index (κ3) is 5.09. The minimum atomic E-state index is -0.293. The molecular weight excluding hydrogens is 324 g/mol. The number of benzene rings is 2. The van der Waals surface area contributed by atoms with Crippen LogP contribution in [-0.4, -0.2) is 26.0 Å². The fourth-order valence-electron chi connectivity index (χ4n) is 2.11. The molecule has 2 aromatic carbocycles. The Labute approximate surface area is 146 Å². The number of urea groups is 1. The number of ether oxygens (including phenoxy) is 2. The zero-order chi connectivity index (χ0) is 17.4. The molecule has 0 atom stereocenters. The van der Waals surface area contributed by atoms with Crippen LogP contribution < -0.4 is 20.1 Å². The lowest BCUT2D eigenvalue weighted by Crippen LogP contribution is -2.28. The molecule has 0 saturated carbocycles. The second-order valence-corrected chi connectivity index (χ2v) is 5.83. The minimum Gasteiger partial charge on any atom is -0.497 e. The van der Waals surface area contributed by atoms with Gasteiger partial charge in [-0.2, -0.15) is 0 Å². The molecule has 0 saturated heterocycles. The van der Waals surface area contributed by atoms with Crippen LogP contribution >= 0.6 is 11.8 Å². The van der Waals surface area contributed by atoms with E-state index in [0.717, 1.165) is 5.56 Å². The molecule has 0 unspecified atom stereocenters. The summed E-state index contributed by atoms with van der Waals surface area (Å²) in [7, 11) is 1.58. The maximum Gasteiger partial charge on any atom is 0.319 e. The van der Waals surface area contributed by atoms with Gasteiger partial charge in [0.2, 0.25) is 0 Å². The quantitative estimate of drug-likeness (QED) is 0.740. The van der Waals surface area contributed by atoms with Crippen molar-refractivity contribution in [2.75, 3.05) is 25.3 Å².